The average Bonchev–Trinajstić information content (AvgIpc) is 2.03. The molecule has 0 saturated heterocycles. The molecule has 0 aliphatic rings. The molecule has 70 valence electrons. The van der Waals surface area contributed by atoms with Gasteiger partial charge in [0.15, 0.2) is 0 Å². The molecule has 0 bridgehead atoms. The molecule has 0 unspecified atom stereocenters. The molecular formula is C9H16O3. The van der Waals surface area contributed by atoms with Crippen molar-refractivity contribution >= 4 is 5.97 Å². The summed E-state index contributed by atoms with van der Waals surface area (Å²) in [6, 6.07) is 0. The van der Waals surface area contributed by atoms with E-state index < -0.39 is 0 Å². The minimum absolute atomic E-state index is 0.128. The fourth-order valence-electron chi connectivity index (χ4n) is 0.559. The topological polar surface area (TPSA) is 35.5 Å². The first-order valence-corrected chi connectivity index (χ1v) is 3.93. The van der Waals surface area contributed by atoms with E-state index in [1.165, 1.54) is 0 Å². The van der Waals surface area contributed by atoms with E-state index in [9.17, 15) is 4.79 Å². The van der Waals surface area contributed by atoms with Gasteiger partial charge in [-0.2, -0.15) is 0 Å². The van der Waals surface area contributed by atoms with Gasteiger partial charge in [-0.15, -0.1) is 0 Å². The fraction of sp³-hybridized carbons (Fsp3) is 0.667. The van der Waals surface area contributed by atoms with Crippen LogP contribution in [0.5, 0.6) is 0 Å². The summed E-state index contributed by atoms with van der Waals surface area (Å²) in [5.41, 5.74) is 0.431. The number of carbonyl (C=O) groups excluding carboxylic acids is 1. The minimum atomic E-state index is -0.335. The molecular weight excluding hydrogens is 156 g/mol. The Morgan fingerprint density at radius 3 is 2.58 bits per heavy atom. The molecule has 0 amide bonds. The van der Waals surface area contributed by atoms with E-state index in [1.54, 1.807) is 14.0 Å². The van der Waals surface area contributed by atoms with Crippen molar-refractivity contribution in [2.45, 2.75) is 26.4 Å². The zero-order valence-electron chi connectivity index (χ0n) is 7.92. The van der Waals surface area contributed by atoms with Gasteiger partial charge in [-0.05, 0) is 13.8 Å². The number of rotatable bonds is 5. The van der Waals surface area contributed by atoms with Crippen LogP contribution in [0, 0.1) is 0 Å². The molecule has 0 aliphatic carbocycles. The predicted octanol–water partition coefficient (Wildman–Crippen LogP) is 1.53. The number of ether oxygens (including phenoxy) is 2. The summed E-state index contributed by atoms with van der Waals surface area (Å²) in [6.07, 6.45) is 0.845. The fourth-order valence-corrected chi connectivity index (χ4v) is 0.559. The Labute approximate surface area is 73.4 Å². The quantitative estimate of drug-likeness (QED) is 0.466. The molecule has 0 radical (unpaired) electrons. The Balaban J connectivity index is 3.44. The van der Waals surface area contributed by atoms with E-state index in [4.69, 9.17) is 9.47 Å². The summed E-state index contributed by atoms with van der Waals surface area (Å²) in [6.45, 7) is 7.41. The molecule has 0 aromatic carbocycles. The molecule has 3 heteroatoms. The van der Waals surface area contributed by atoms with Crippen LogP contribution in [-0.4, -0.2) is 25.8 Å². The molecule has 1 atom stereocenters. The SMILES string of the molecule is C=C(C)C(=O)OCC[C@H](C)OC. The normalized spacial score (nSPS) is 12.2. The molecule has 0 heterocycles. The third-order valence-electron chi connectivity index (χ3n) is 1.51. The molecule has 0 aliphatic heterocycles. The first kappa shape index (κ1) is 11.2. The van der Waals surface area contributed by atoms with E-state index in [0.29, 0.717) is 12.2 Å². The number of hydrogen-bond donors (Lipinski definition) is 0. The molecule has 0 saturated carbocycles. The van der Waals surface area contributed by atoms with Crippen molar-refractivity contribution in [2.75, 3.05) is 13.7 Å². The highest BCUT2D eigenvalue weighted by Gasteiger charge is 2.04. The minimum Gasteiger partial charge on any atom is -0.462 e. The van der Waals surface area contributed by atoms with Crippen LogP contribution in [0.4, 0.5) is 0 Å². The van der Waals surface area contributed by atoms with Crippen molar-refractivity contribution < 1.29 is 14.3 Å². The number of hydrogen-bond acceptors (Lipinski definition) is 3. The third kappa shape index (κ3) is 4.91. The lowest BCUT2D eigenvalue weighted by atomic mass is 10.3. The van der Waals surface area contributed by atoms with Gasteiger partial charge in [0.25, 0.3) is 0 Å². The summed E-state index contributed by atoms with van der Waals surface area (Å²) in [5.74, 6) is -0.335. The maximum Gasteiger partial charge on any atom is 0.333 e. The van der Waals surface area contributed by atoms with Crippen molar-refractivity contribution in [1.29, 1.82) is 0 Å². The summed E-state index contributed by atoms with van der Waals surface area (Å²) in [5, 5.41) is 0. The van der Waals surface area contributed by atoms with Gasteiger partial charge in [0, 0.05) is 19.1 Å². The van der Waals surface area contributed by atoms with E-state index in [-0.39, 0.29) is 12.1 Å². The first-order valence-electron chi connectivity index (χ1n) is 3.93. The van der Waals surface area contributed by atoms with Crippen LogP contribution in [0.15, 0.2) is 12.2 Å². The van der Waals surface area contributed by atoms with Gasteiger partial charge in [0.2, 0.25) is 0 Å². The summed E-state index contributed by atoms with van der Waals surface area (Å²) < 4.78 is 9.84. The van der Waals surface area contributed by atoms with E-state index in [2.05, 4.69) is 6.58 Å². The lowest BCUT2D eigenvalue weighted by molar-refractivity contribution is -0.139. The van der Waals surface area contributed by atoms with Crippen LogP contribution < -0.4 is 0 Å². The van der Waals surface area contributed by atoms with Gasteiger partial charge in [0.05, 0.1) is 12.7 Å². The lowest BCUT2D eigenvalue weighted by Gasteiger charge is -2.09. The van der Waals surface area contributed by atoms with Gasteiger partial charge in [-0.1, -0.05) is 6.58 Å². The van der Waals surface area contributed by atoms with Crippen LogP contribution >= 0.6 is 0 Å². The van der Waals surface area contributed by atoms with Gasteiger partial charge < -0.3 is 9.47 Å². The van der Waals surface area contributed by atoms with Gasteiger partial charge in [-0.25, -0.2) is 4.79 Å². The summed E-state index contributed by atoms with van der Waals surface area (Å²) >= 11 is 0. The second kappa shape index (κ2) is 5.77. The zero-order valence-corrected chi connectivity index (χ0v) is 7.92. The number of carbonyl (C=O) groups is 1. The third-order valence-corrected chi connectivity index (χ3v) is 1.51. The maximum absolute atomic E-state index is 10.9. The summed E-state index contributed by atoms with van der Waals surface area (Å²) in [4.78, 5) is 10.9. The van der Waals surface area contributed by atoms with Crippen LogP contribution in [0.3, 0.4) is 0 Å². The Morgan fingerprint density at radius 1 is 1.58 bits per heavy atom. The van der Waals surface area contributed by atoms with Crippen molar-refractivity contribution in [2.24, 2.45) is 0 Å². The Kier molecular flexibility index (Phi) is 5.37. The second-order valence-electron chi connectivity index (χ2n) is 2.75. The molecule has 0 aromatic heterocycles. The maximum atomic E-state index is 10.9. The van der Waals surface area contributed by atoms with Gasteiger partial charge in [0.1, 0.15) is 0 Å². The predicted molar refractivity (Wildman–Crippen MR) is 46.9 cm³/mol. The Bertz CT molecular complexity index is 163. The zero-order chi connectivity index (χ0) is 9.56. The molecule has 0 spiro atoms. The van der Waals surface area contributed by atoms with Crippen molar-refractivity contribution in [3.63, 3.8) is 0 Å². The highest BCUT2D eigenvalue weighted by molar-refractivity contribution is 5.86. The van der Waals surface area contributed by atoms with Crippen molar-refractivity contribution in [3.8, 4) is 0 Å². The van der Waals surface area contributed by atoms with Crippen LogP contribution in [0.25, 0.3) is 0 Å². The molecule has 0 fully saturated rings. The lowest BCUT2D eigenvalue weighted by Crippen LogP contribution is -2.12. The first-order chi connectivity index (χ1) is 5.57. The van der Waals surface area contributed by atoms with Gasteiger partial charge in [-0.3, -0.25) is 0 Å². The van der Waals surface area contributed by atoms with Crippen molar-refractivity contribution in [3.05, 3.63) is 12.2 Å². The van der Waals surface area contributed by atoms with Crippen LogP contribution in [0.1, 0.15) is 20.3 Å². The number of methoxy groups -OCH3 is 1. The Hall–Kier alpha value is -0.830. The van der Waals surface area contributed by atoms with Crippen LogP contribution in [0.2, 0.25) is 0 Å². The molecule has 3 nitrogen and oxygen atoms in total. The monoisotopic (exact) mass is 172 g/mol. The average molecular weight is 172 g/mol. The largest absolute Gasteiger partial charge is 0.462 e. The molecule has 0 N–H and O–H groups in total. The summed E-state index contributed by atoms with van der Waals surface area (Å²) in [7, 11) is 1.63. The van der Waals surface area contributed by atoms with E-state index in [0.717, 1.165) is 6.42 Å². The highest BCUT2D eigenvalue weighted by Crippen LogP contribution is 1.98. The standard InChI is InChI=1S/C9H16O3/c1-7(2)9(10)12-6-5-8(3)11-4/h8H,1,5-6H2,2-4H3/t8-/m0/s1. The smallest absolute Gasteiger partial charge is 0.333 e. The highest BCUT2D eigenvalue weighted by atomic mass is 16.5. The molecule has 0 aromatic rings. The van der Waals surface area contributed by atoms with Crippen molar-refractivity contribution in [1.82, 2.24) is 0 Å². The second-order valence-corrected chi connectivity index (χ2v) is 2.75. The number of esters is 1. The molecule has 0 rings (SSSR count). The van der Waals surface area contributed by atoms with E-state index in [1.807, 2.05) is 6.92 Å². The van der Waals surface area contributed by atoms with Gasteiger partial charge >= 0.3 is 5.97 Å². The Morgan fingerprint density at radius 2 is 2.17 bits per heavy atom. The van der Waals surface area contributed by atoms with Crippen LogP contribution in [-0.2, 0) is 14.3 Å². The molecule has 12 heavy (non-hydrogen) atoms. The van der Waals surface area contributed by atoms with E-state index >= 15 is 0 Å².